The zero-order chi connectivity index (χ0) is 17.3. The van der Waals surface area contributed by atoms with Crippen LogP contribution in [0.2, 0.25) is 0 Å². The van der Waals surface area contributed by atoms with E-state index in [0.717, 1.165) is 36.1 Å². The predicted octanol–water partition coefficient (Wildman–Crippen LogP) is 2.35. The van der Waals surface area contributed by atoms with E-state index in [4.69, 9.17) is 9.47 Å². The van der Waals surface area contributed by atoms with Crippen LogP contribution < -0.4 is 20.1 Å². The van der Waals surface area contributed by atoms with Crippen molar-refractivity contribution in [3.8, 4) is 11.5 Å². The number of hydrogen-bond acceptors (Lipinski definition) is 4. The highest BCUT2D eigenvalue weighted by Crippen LogP contribution is 2.32. The van der Waals surface area contributed by atoms with Gasteiger partial charge in [0.2, 0.25) is 6.79 Å². The summed E-state index contributed by atoms with van der Waals surface area (Å²) in [5.74, 6) is 2.50. The van der Waals surface area contributed by atoms with Crippen LogP contribution in [0.1, 0.15) is 38.2 Å². The fourth-order valence-corrected chi connectivity index (χ4v) is 3.22. The minimum atomic E-state index is 0.309. The first-order valence-corrected chi connectivity index (χ1v) is 9.48. The van der Waals surface area contributed by atoms with Crippen molar-refractivity contribution in [2.75, 3.05) is 39.5 Å². The number of guanidine groups is 1. The van der Waals surface area contributed by atoms with Crippen LogP contribution in [0.5, 0.6) is 11.5 Å². The molecule has 2 aliphatic heterocycles. The molecule has 0 amide bonds. The normalized spacial score (nSPS) is 17.1. The van der Waals surface area contributed by atoms with Crippen LogP contribution in [0.25, 0.3) is 0 Å². The van der Waals surface area contributed by atoms with Crippen molar-refractivity contribution in [1.82, 2.24) is 15.5 Å². The van der Waals surface area contributed by atoms with Gasteiger partial charge in [0.25, 0.3) is 0 Å². The van der Waals surface area contributed by atoms with Gasteiger partial charge >= 0.3 is 0 Å². The van der Waals surface area contributed by atoms with Gasteiger partial charge in [-0.1, -0.05) is 6.07 Å². The first-order chi connectivity index (χ1) is 12.3. The molecule has 1 fully saturated rings. The first-order valence-electron chi connectivity index (χ1n) is 9.48. The number of nitrogens with zero attached hydrogens (tertiary/aromatic N) is 2. The molecule has 0 aliphatic carbocycles. The third-order valence-corrected chi connectivity index (χ3v) is 4.59. The van der Waals surface area contributed by atoms with Crippen LogP contribution in [0.4, 0.5) is 0 Å². The molecule has 0 radical (unpaired) electrons. The van der Waals surface area contributed by atoms with Gasteiger partial charge in [0.05, 0.1) is 6.54 Å². The van der Waals surface area contributed by atoms with Crippen LogP contribution in [0.15, 0.2) is 23.2 Å². The molecule has 0 aromatic heterocycles. The standard InChI is InChI=1S/C19H30N4O2/c1-2-20-19(21-9-3-4-10-23-11-5-6-12-23)22-14-16-7-8-17-18(13-16)25-15-24-17/h7-8,13H,2-6,9-12,14-15H2,1H3,(H2,20,21,22). The molecular weight excluding hydrogens is 316 g/mol. The predicted molar refractivity (Wildman–Crippen MR) is 100 cm³/mol. The van der Waals surface area contributed by atoms with Crippen LogP contribution in [0.3, 0.4) is 0 Å². The highest BCUT2D eigenvalue weighted by atomic mass is 16.7. The number of likely N-dealkylation sites (tertiary alicyclic amines) is 1. The van der Waals surface area contributed by atoms with E-state index in [1.54, 1.807) is 0 Å². The van der Waals surface area contributed by atoms with Crippen LogP contribution in [-0.2, 0) is 6.54 Å². The molecule has 138 valence electrons. The molecular formula is C19H30N4O2. The minimum Gasteiger partial charge on any atom is -0.454 e. The van der Waals surface area contributed by atoms with E-state index in [1.165, 1.54) is 45.3 Å². The molecule has 0 bridgehead atoms. The second-order valence-corrected chi connectivity index (χ2v) is 6.57. The third-order valence-electron chi connectivity index (χ3n) is 4.59. The quantitative estimate of drug-likeness (QED) is 0.430. The number of nitrogens with one attached hydrogen (secondary N) is 2. The summed E-state index contributed by atoms with van der Waals surface area (Å²) in [5, 5.41) is 6.74. The van der Waals surface area contributed by atoms with E-state index in [9.17, 15) is 0 Å². The summed E-state index contributed by atoms with van der Waals surface area (Å²) in [6, 6.07) is 5.99. The van der Waals surface area contributed by atoms with E-state index in [-0.39, 0.29) is 0 Å². The van der Waals surface area contributed by atoms with Gasteiger partial charge in [0, 0.05) is 13.1 Å². The highest BCUT2D eigenvalue weighted by Gasteiger charge is 2.13. The largest absolute Gasteiger partial charge is 0.454 e. The SMILES string of the molecule is CCNC(=NCc1ccc2c(c1)OCO2)NCCCCN1CCCC1. The van der Waals surface area contributed by atoms with Gasteiger partial charge in [-0.15, -0.1) is 0 Å². The van der Waals surface area contributed by atoms with Crippen molar-refractivity contribution in [1.29, 1.82) is 0 Å². The van der Waals surface area contributed by atoms with Gasteiger partial charge in [-0.05, 0) is 69.9 Å². The summed E-state index contributed by atoms with van der Waals surface area (Å²) in [5.41, 5.74) is 1.12. The molecule has 1 saturated heterocycles. The van der Waals surface area contributed by atoms with Gasteiger partial charge in [-0.25, -0.2) is 4.99 Å². The van der Waals surface area contributed by atoms with E-state index in [2.05, 4.69) is 27.4 Å². The molecule has 2 aliphatic rings. The summed E-state index contributed by atoms with van der Waals surface area (Å²) in [4.78, 5) is 7.24. The van der Waals surface area contributed by atoms with Gasteiger partial charge in [-0.3, -0.25) is 0 Å². The Morgan fingerprint density at radius 1 is 1.12 bits per heavy atom. The molecule has 0 atom stereocenters. The number of ether oxygens (including phenoxy) is 2. The summed E-state index contributed by atoms with van der Waals surface area (Å²) in [7, 11) is 0. The summed E-state index contributed by atoms with van der Waals surface area (Å²) in [6.45, 7) is 8.64. The third kappa shape index (κ3) is 5.53. The van der Waals surface area contributed by atoms with E-state index in [1.807, 2.05) is 18.2 Å². The van der Waals surface area contributed by atoms with Gasteiger partial charge in [0.1, 0.15) is 0 Å². The average Bonchev–Trinajstić information content (AvgIpc) is 3.30. The van der Waals surface area contributed by atoms with Gasteiger partial charge in [-0.2, -0.15) is 0 Å². The minimum absolute atomic E-state index is 0.309. The number of benzene rings is 1. The zero-order valence-electron chi connectivity index (χ0n) is 15.2. The zero-order valence-corrected chi connectivity index (χ0v) is 15.2. The average molecular weight is 346 g/mol. The fourth-order valence-electron chi connectivity index (χ4n) is 3.22. The topological polar surface area (TPSA) is 58.1 Å². The molecule has 1 aromatic rings. The van der Waals surface area contributed by atoms with Gasteiger partial charge in [0.15, 0.2) is 17.5 Å². The number of hydrogen-bond donors (Lipinski definition) is 2. The lowest BCUT2D eigenvalue weighted by atomic mass is 10.2. The van der Waals surface area contributed by atoms with Gasteiger partial charge < -0.3 is 25.0 Å². The van der Waals surface area contributed by atoms with Crippen molar-refractivity contribution >= 4 is 5.96 Å². The molecule has 25 heavy (non-hydrogen) atoms. The van der Waals surface area contributed by atoms with Crippen molar-refractivity contribution in [2.24, 2.45) is 4.99 Å². The first kappa shape index (κ1) is 17.9. The molecule has 0 unspecified atom stereocenters. The van der Waals surface area contributed by atoms with E-state index < -0.39 is 0 Å². The lowest BCUT2D eigenvalue weighted by molar-refractivity contribution is 0.174. The molecule has 0 saturated carbocycles. The Balaban J connectivity index is 1.41. The maximum Gasteiger partial charge on any atom is 0.231 e. The smallest absolute Gasteiger partial charge is 0.231 e. The van der Waals surface area contributed by atoms with Crippen LogP contribution >= 0.6 is 0 Å². The van der Waals surface area contributed by atoms with Crippen molar-refractivity contribution in [2.45, 2.75) is 39.2 Å². The number of fused-ring (bicyclic) bond motifs is 1. The Morgan fingerprint density at radius 2 is 1.96 bits per heavy atom. The Labute approximate surface area is 150 Å². The number of aliphatic imine (C=N–C) groups is 1. The highest BCUT2D eigenvalue weighted by molar-refractivity contribution is 5.79. The number of unbranched alkanes of at least 4 members (excludes halogenated alkanes) is 1. The maximum atomic E-state index is 5.42. The second-order valence-electron chi connectivity index (χ2n) is 6.57. The Kier molecular flexibility index (Phi) is 6.79. The summed E-state index contributed by atoms with van der Waals surface area (Å²) >= 11 is 0. The molecule has 2 N–H and O–H groups in total. The molecule has 0 spiro atoms. The molecule has 6 heteroatoms. The maximum absolute atomic E-state index is 5.42. The Bertz CT molecular complexity index is 571. The van der Waals surface area contributed by atoms with Crippen LogP contribution in [-0.4, -0.2) is 50.4 Å². The Morgan fingerprint density at radius 3 is 2.80 bits per heavy atom. The Hall–Kier alpha value is -1.95. The van der Waals surface area contributed by atoms with E-state index in [0.29, 0.717) is 13.3 Å². The van der Waals surface area contributed by atoms with Crippen molar-refractivity contribution < 1.29 is 9.47 Å². The molecule has 1 aromatic carbocycles. The van der Waals surface area contributed by atoms with Crippen molar-refractivity contribution in [3.63, 3.8) is 0 Å². The molecule has 2 heterocycles. The lowest BCUT2D eigenvalue weighted by Crippen LogP contribution is -2.38. The van der Waals surface area contributed by atoms with Crippen LogP contribution in [0, 0.1) is 0 Å². The van der Waals surface area contributed by atoms with E-state index >= 15 is 0 Å². The fraction of sp³-hybridized carbons (Fsp3) is 0.632. The monoisotopic (exact) mass is 346 g/mol. The molecule has 6 nitrogen and oxygen atoms in total. The second kappa shape index (κ2) is 9.51. The lowest BCUT2D eigenvalue weighted by Gasteiger charge is -2.15. The van der Waals surface area contributed by atoms with Crippen molar-refractivity contribution in [3.05, 3.63) is 23.8 Å². The summed E-state index contributed by atoms with van der Waals surface area (Å²) < 4.78 is 10.8. The summed E-state index contributed by atoms with van der Waals surface area (Å²) in [6.07, 6.45) is 5.16. The molecule has 3 rings (SSSR count). The number of rotatable bonds is 8.